The minimum atomic E-state index is -0.410. The fraction of sp³-hybridized carbons (Fsp3) is 0.0588. The lowest BCUT2D eigenvalue weighted by atomic mass is 10.00. The van der Waals surface area contributed by atoms with E-state index in [2.05, 4.69) is 21.3 Å². The zero-order valence-corrected chi connectivity index (χ0v) is 22.5. The molecule has 1 aliphatic rings. The van der Waals surface area contributed by atoms with E-state index in [0.29, 0.717) is 40.3 Å². The molecule has 0 aromatic heterocycles. The maximum Gasteiger partial charge on any atom is 0.255 e. The van der Waals surface area contributed by atoms with Gasteiger partial charge in [0.1, 0.15) is 0 Å². The molecule has 208 valence electrons. The molecule has 1 unspecified atom stereocenters. The van der Waals surface area contributed by atoms with E-state index in [1.54, 1.807) is 91.0 Å². The molecule has 8 nitrogen and oxygen atoms in total. The Balaban J connectivity index is 1.21. The minimum Gasteiger partial charge on any atom is -0.325 e. The normalized spacial score (nSPS) is 13.6. The molecule has 5 rings (SSSR count). The van der Waals surface area contributed by atoms with Gasteiger partial charge in [-0.25, -0.2) is 0 Å². The van der Waals surface area contributed by atoms with Crippen molar-refractivity contribution in [2.75, 3.05) is 21.3 Å². The molecule has 8 heteroatoms. The average molecular weight is 557 g/mol. The highest BCUT2D eigenvalue weighted by atomic mass is 16.2. The second kappa shape index (κ2) is 13.1. The number of nitrogens with one attached hydrogen (secondary N) is 4. The third-order valence-electron chi connectivity index (χ3n) is 6.51. The minimum absolute atomic E-state index is 0.123. The van der Waals surface area contributed by atoms with E-state index in [4.69, 9.17) is 0 Å². The van der Waals surface area contributed by atoms with E-state index >= 15 is 0 Å². The molecule has 0 fully saturated rings. The Morgan fingerprint density at radius 2 is 0.976 bits per heavy atom. The fourth-order valence-corrected chi connectivity index (χ4v) is 4.36. The lowest BCUT2D eigenvalue weighted by Crippen LogP contribution is -2.21. The van der Waals surface area contributed by atoms with Crippen molar-refractivity contribution in [3.05, 3.63) is 144 Å². The third-order valence-corrected chi connectivity index (χ3v) is 6.51. The Bertz CT molecular complexity index is 1690. The largest absolute Gasteiger partial charge is 0.325 e. The first-order valence-electron chi connectivity index (χ1n) is 13.4. The van der Waals surface area contributed by atoms with Crippen LogP contribution in [0.5, 0.6) is 0 Å². The van der Waals surface area contributed by atoms with E-state index in [-0.39, 0.29) is 23.3 Å². The zero-order valence-electron chi connectivity index (χ0n) is 22.5. The highest BCUT2D eigenvalue weighted by Gasteiger charge is 2.16. The number of amides is 4. The first-order chi connectivity index (χ1) is 20.4. The van der Waals surface area contributed by atoms with Crippen LogP contribution >= 0.6 is 0 Å². The quantitative estimate of drug-likeness (QED) is 0.198. The molecule has 4 aromatic carbocycles. The molecule has 0 aliphatic heterocycles. The number of allylic oxidation sites excluding steroid dienone is 3. The summed E-state index contributed by atoms with van der Waals surface area (Å²) >= 11 is 0. The first-order valence-corrected chi connectivity index (χ1v) is 13.4. The Morgan fingerprint density at radius 3 is 1.50 bits per heavy atom. The van der Waals surface area contributed by atoms with E-state index in [9.17, 15) is 19.2 Å². The smallest absolute Gasteiger partial charge is 0.255 e. The number of rotatable bonds is 8. The number of benzene rings is 4. The molecule has 0 spiro atoms. The lowest BCUT2D eigenvalue weighted by Gasteiger charge is -2.14. The van der Waals surface area contributed by atoms with E-state index in [1.165, 1.54) is 6.07 Å². The number of hydrogen-bond acceptors (Lipinski definition) is 4. The molecular formula is C34H28N4O4. The van der Waals surface area contributed by atoms with E-state index in [1.807, 2.05) is 30.4 Å². The summed E-state index contributed by atoms with van der Waals surface area (Å²) in [6.45, 7) is 0. The van der Waals surface area contributed by atoms with Crippen LogP contribution in [0.25, 0.3) is 0 Å². The number of hydrogen-bond donors (Lipinski definition) is 4. The van der Waals surface area contributed by atoms with Crippen molar-refractivity contribution in [3.8, 4) is 0 Å². The van der Waals surface area contributed by atoms with Gasteiger partial charge in [-0.05, 0) is 73.2 Å². The van der Waals surface area contributed by atoms with Gasteiger partial charge in [0.2, 0.25) is 5.91 Å². The van der Waals surface area contributed by atoms with Crippen molar-refractivity contribution in [2.45, 2.75) is 6.42 Å². The summed E-state index contributed by atoms with van der Waals surface area (Å²) in [4.78, 5) is 51.0. The van der Waals surface area contributed by atoms with Crippen LogP contribution in [-0.2, 0) is 4.79 Å². The molecule has 4 amide bonds. The molecule has 4 aromatic rings. The van der Waals surface area contributed by atoms with Crippen molar-refractivity contribution in [3.63, 3.8) is 0 Å². The monoisotopic (exact) mass is 556 g/mol. The number of carbonyl (C=O) groups excluding carboxylic acids is 4. The van der Waals surface area contributed by atoms with Crippen LogP contribution in [0.1, 0.15) is 37.5 Å². The summed E-state index contributed by atoms with van der Waals surface area (Å²) in [6.07, 6.45) is 8.19. The van der Waals surface area contributed by atoms with Crippen molar-refractivity contribution in [1.29, 1.82) is 0 Å². The van der Waals surface area contributed by atoms with Crippen LogP contribution in [0.3, 0.4) is 0 Å². The van der Waals surface area contributed by atoms with Crippen LogP contribution in [0.2, 0.25) is 0 Å². The summed E-state index contributed by atoms with van der Waals surface area (Å²) in [5, 5.41) is 11.3. The van der Waals surface area contributed by atoms with Crippen molar-refractivity contribution in [1.82, 2.24) is 0 Å². The molecule has 1 aliphatic carbocycles. The van der Waals surface area contributed by atoms with Crippen LogP contribution < -0.4 is 21.3 Å². The summed E-state index contributed by atoms with van der Waals surface area (Å²) in [6, 6.07) is 28.9. The summed E-state index contributed by atoms with van der Waals surface area (Å²) in [5.41, 5.74) is 3.18. The molecule has 0 radical (unpaired) electrons. The predicted molar refractivity (Wildman–Crippen MR) is 165 cm³/mol. The Hall–Kier alpha value is -5.76. The SMILES string of the molecule is O=C(Nc1cccc(NC(=O)c2cccc(C(=O)Nc3cccc(NC(=O)C4C=CC=CC4)c3)c2)c1)c1ccccc1. The average Bonchev–Trinajstić information content (AvgIpc) is 3.02. The maximum absolute atomic E-state index is 13.0. The number of anilines is 4. The Labute approximate surface area is 243 Å². The standard InChI is InChI=1S/C34H28N4O4/c39-31(23-10-3-1-4-11-23)35-27-16-8-18-29(21-27)37-33(41)25-14-7-15-26(20-25)34(42)38-30-19-9-17-28(22-30)36-32(40)24-12-5-2-6-13-24/h1-12,14-22,24H,13H2,(H,35,39)(H,36,40)(H,37,41)(H,38,42). The van der Waals surface area contributed by atoms with Crippen molar-refractivity contribution in [2.24, 2.45) is 5.92 Å². The molecule has 4 N–H and O–H groups in total. The highest BCUT2D eigenvalue weighted by molar-refractivity contribution is 6.09. The van der Waals surface area contributed by atoms with Crippen molar-refractivity contribution >= 4 is 46.4 Å². The molecular weight excluding hydrogens is 528 g/mol. The van der Waals surface area contributed by atoms with E-state index < -0.39 is 11.8 Å². The van der Waals surface area contributed by atoms with Gasteiger partial charge in [-0.3, -0.25) is 19.2 Å². The molecule has 0 saturated carbocycles. The van der Waals surface area contributed by atoms with Crippen molar-refractivity contribution < 1.29 is 19.2 Å². The Morgan fingerprint density at radius 1 is 0.500 bits per heavy atom. The first kappa shape index (κ1) is 27.8. The van der Waals surface area contributed by atoms with Gasteiger partial charge >= 0.3 is 0 Å². The topological polar surface area (TPSA) is 116 Å². The molecule has 42 heavy (non-hydrogen) atoms. The van der Waals surface area contributed by atoms with Gasteiger partial charge in [0.25, 0.3) is 17.7 Å². The molecule has 0 bridgehead atoms. The molecule has 0 heterocycles. The molecule has 0 saturated heterocycles. The predicted octanol–water partition coefficient (Wildman–Crippen LogP) is 6.51. The summed E-state index contributed by atoms with van der Waals surface area (Å²) < 4.78 is 0. The van der Waals surface area contributed by atoms with Crippen LogP contribution in [0, 0.1) is 5.92 Å². The van der Waals surface area contributed by atoms with Crippen LogP contribution in [-0.4, -0.2) is 23.6 Å². The molecule has 1 atom stereocenters. The van der Waals surface area contributed by atoms with Gasteiger partial charge < -0.3 is 21.3 Å². The van der Waals surface area contributed by atoms with Gasteiger partial charge in [0.15, 0.2) is 0 Å². The van der Waals surface area contributed by atoms with Gasteiger partial charge in [0, 0.05) is 39.4 Å². The lowest BCUT2D eigenvalue weighted by molar-refractivity contribution is -0.118. The van der Waals surface area contributed by atoms with Crippen LogP contribution in [0.4, 0.5) is 22.7 Å². The van der Waals surface area contributed by atoms with Crippen LogP contribution in [0.15, 0.2) is 127 Å². The second-order valence-corrected chi connectivity index (χ2v) is 9.62. The third kappa shape index (κ3) is 7.25. The highest BCUT2D eigenvalue weighted by Crippen LogP contribution is 2.21. The second-order valence-electron chi connectivity index (χ2n) is 9.62. The van der Waals surface area contributed by atoms with Gasteiger partial charge in [0.05, 0.1) is 5.92 Å². The fourth-order valence-electron chi connectivity index (χ4n) is 4.36. The number of carbonyl (C=O) groups is 4. The summed E-state index contributed by atoms with van der Waals surface area (Å²) in [7, 11) is 0. The van der Waals surface area contributed by atoms with Gasteiger partial charge in [-0.15, -0.1) is 0 Å². The van der Waals surface area contributed by atoms with Gasteiger partial charge in [-0.1, -0.05) is 60.7 Å². The van der Waals surface area contributed by atoms with E-state index in [0.717, 1.165) is 0 Å². The Kier molecular flexibility index (Phi) is 8.64. The maximum atomic E-state index is 13.0. The van der Waals surface area contributed by atoms with Gasteiger partial charge in [-0.2, -0.15) is 0 Å². The summed E-state index contributed by atoms with van der Waals surface area (Å²) in [5.74, 6) is -1.43. The zero-order chi connectivity index (χ0) is 29.3.